The minimum atomic E-state index is -0.410. The summed E-state index contributed by atoms with van der Waals surface area (Å²) < 4.78 is 0. The maximum absolute atomic E-state index is 12.5. The molecular formula is C19H15ClN4O2S. The number of carbonyl (C=O) groups is 1. The molecule has 0 saturated carbocycles. The van der Waals surface area contributed by atoms with E-state index in [-0.39, 0.29) is 12.3 Å². The van der Waals surface area contributed by atoms with Gasteiger partial charge < -0.3 is 10.4 Å². The van der Waals surface area contributed by atoms with Gasteiger partial charge in [-0.05, 0) is 37.3 Å². The fraction of sp³-hybridized carbons (Fsp3) is 0.158. The van der Waals surface area contributed by atoms with Crippen molar-refractivity contribution in [3.63, 3.8) is 0 Å². The van der Waals surface area contributed by atoms with Crippen molar-refractivity contribution in [2.75, 3.05) is 6.61 Å². The fourth-order valence-electron chi connectivity index (χ4n) is 2.30. The molecule has 1 aromatic carbocycles. The van der Waals surface area contributed by atoms with Crippen molar-refractivity contribution in [2.45, 2.75) is 13.0 Å². The van der Waals surface area contributed by atoms with Crippen LogP contribution in [-0.4, -0.2) is 33.6 Å². The first-order valence-electron chi connectivity index (χ1n) is 8.07. The van der Waals surface area contributed by atoms with Gasteiger partial charge in [-0.1, -0.05) is 23.7 Å². The number of halogens is 1. The minimum absolute atomic E-state index is 0.176. The van der Waals surface area contributed by atoms with Crippen LogP contribution in [0.3, 0.4) is 0 Å². The number of hydrogen-bond acceptors (Lipinski definition) is 6. The standard InChI is InChI=1S/C19H15ClN4O2S/c1-11(10-25)22-19(26)16-8-15(12-2-4-13(20)5-3-12)23-18(24-16)17-7-6-14(9-21)27-17/h2-8,11,25H,10H2,1H3,(H,22,26). The van der Waals surface area contributed by atoms with Crippen molar-refractivity contribution in [2.24, 2.45) is 0 Å². The van der Waals surface area contributed by atoms with Crippen LogP contribution in [-0.2, 0) is 0 Å². The zero-order chi connectivity index (χ0) is 19.4. The number of nitrogens with zero attached hydrogens (tertiary/aromatic N) is 3. The second-order valence-corrected chi connectivity index (χ2v) is 7.32. The summed E-state index contributed by atoms with van der Waals surface area (Å²) in [4.78, 5) is 22.6. The molecule has 1 amide bonds. The molecule has 0 aliphatic rings. The van der Waals surface area contributed by atoms with Gasteiger partial charge in [0.25, 0.3) is 5.91 Å². The lowest BCUT2D eigenvalue weighted by molar-refractivity contribution is 0.0917. The van der Waals surface area contributed by atoms with Gasteiger partial charge in [-0.3, -0.25) is 4.79 Å². The summed E-state index contributed by atoms with van der Waals surface area (Å²) in [6.45, 7) is 1.52. The predicted molar refractivity (Wildman–Crippen MR) is 105 cm³/mol. The molecule has 1 unspecified atom stereocenters. The normalized spacial score (nSPS) is 11.6. The van der Waals surface area contributed by atoms with Gasteiger partial charge in [-0.15, -0.1) is 11.3 Å². The molecule has 0 saturated heterocycles. The van der Waals surface area contributed by atoms with Gasteiger partial charge in [0.1, 0.15) is 16.6 Å². The Labute approximate surface area is 165 Å². The number of amides is 1. The predicted octanol–water partition coefficient (Wildman–Crippen LogP) is 3.51. The van der Waals surface area contributed by atoms with Crippen molar-refractivity contribution in [3.05, 3.63) is 58.1 Å². The monoisotopic (exact) mass is 398 g/mol. The molecule has 6 nitrogen and oxygen atoms in total. The first-order chi connectivity index (χ1) is 13.0. The lowest BCUT2D eigenvalue weighted by Gasteiger charge is -2.12. The van der Waals surface area contributed by atoms with E-state index >= 15 is 0 Å². The highest BCUT2D eigenvalue weighted by atomic mass is 35.5. The third kappa shape index (κ3) is 4.49. The third-order valence-corrected chi connectivity index (χ3v) is 4.92. The number of benzene rings is 1. The molecule has 0 fully saturated rings. The van der Waals surface area contributed by atoms with Crippen LogP contribution in [0.4, 0.5) is 0 Å². The summed E-state index contributed by atoms with van der Waals surface area (Å²) in [5.74, 6) is -0.0526. The van der Waals surface area contributed by atoms with E-state index in [0.29, 0.717) is 26.3 Å². The molecule has 2 aromatic heterocycles. The van der Waals surface area contributed by atoms with Crippen LogP contribution < -0.4 is 5.32 Å². The van der Waals surface area contributed by atoms with Crippen LogP contribution in [0.2, 0.25) is 5.02 Å². The number of nitriles is 1. The van der Waals surface area contributed by atoms with Crippen LogP contribution in [0.5, 0.6) is 0 Å². The Morgan fingerprint density at radius 1 is 1.30 bits per heavy atom. The molecule has 3 aromatic rings. The largest absolute Gasteiger partial charge is 0.394 e. The number of rotatable bonds is 5. The quantitative estimate of drug-likeness (QED) is 0.685. The van der Waals surface area contributed by atoms with Crippen LogP contribution in [0.1, 0.15) is 22.3 Å². The molecule has 2 heterocycles. The van der Waals surface area contributed by atoms with E-state index in [9.17, 15) is 4.79 Å². The summed E-state index contributed by atoms with van der Waals surface area (Å²) >= 11 is 7.20. The molecule has 0 aliphatic carbocycles. The van der Waals surface area contributed by atoms with Gasteiger partial charge >= 0.3 is 0 Å². The van der Waals surface area contributed by atoms with Gasteiger partial charge in [-0.2, -0.15) is 5.26 Å². The highest BCUT2D eigenvalue weighted by Crippen LogP contribution is 2.28. The molecular weight excluding hydrogens is 384 g/mol. The minimum Gasteiger partial charge on any atom is -0.394 e. The zero-order valence-corrected chi connectivity index (χ0v) is 15.9. The number of carbonyl (C=O) groups excluding carboxylic acids is 1. The number of aliphatic hydroxyl groups is 1. The highest BCUT2D eigenvalue weighted by molar-refractivity contribution is 7.15. The smallest absolute Gasteiger partial charge is 0.270 e. The maximum atomic E-state index is 12.5. The average Bonchev–Trinajstić information content (AvgIpc) is 3.17. The molecule has 0 spiro atoms. The molecule has 8 heteroatoms. The van der Waals surface area contributed by atoms with Crippen LogP contribution >= 0.6 is 22.9 Å². The summed E-state index contributed by atoms with van der Waals surface area (Å²) in [5, 5.41) is 21.5. The van der Waals surface area contributed by atoms with E-state index in [0.717, 1.165) is 5.56 Å². The first-order valence-corrected chi connectivity index (χ1v) is 9.26. The molecule has 0 aliphatic heterocycles. The molecule has 1 atom stereocenters. The Morgan fingerprint density at radius 2 is 2.04 bits per heavy atom. The van der Waals surface area contributed by atoms with Crippen LogP contribution in [0, 0.1) is 11.3 Å². The maximum Gasteiger partial charge on any atom is 0.270 e. The Hall–Kier alpha value is -2.79. The van der Waals surface area contributed by atoms with E-state index in [1.165, 1.54) is 11.3 Å². The molecule has 136 valence electrons. The number of nitrogens with one attached hydrogen (secondary N) is 1. The lowest BCUT2D eigenvalue weighted by Crippen LogP contribution is -2.35. The topological polar surface area (TPSA) is 98.9 Å². The number of aromatic nitrogens is 2. The number of aliphatic hydroxyl groups excluding tert-OH is 1. The SMILES string of the molecule is CC(CO)NC(=O)c1cc(-c2ccc(Cl)cc2)nc(-c2ccc(C#N)s2)n1. The molecule has 2 N–H and O–H groups in total. The Bertz CT molecular complexity index is 1010. The summed E-state index contributed by atoms with van der Waals surface area (Å²) in [6, 6.07) is 13.8. The second-order valence-electron chi connectivity index (χ2n) is 5.80. The van der Waals surface area contributed by atoms with Crippen molar-refractivity contribution >= 4 is 28.8 Å². The van der Waals surface area contributed by atoms with Crippen molar-refractivity contribution in [1.82, 2.24) is 15.3 Å². The van der Waals surface area contributed by atoms with Gasteiger partial charge in [0.05, 0.1) is 17.2 Å². The Balaban J connectivity index is 2.08. The van der Waals surface area contributed by atoms with Crippen molar-refractivity contribution in [1.29, 1.82) is 5.26 Å². The lowest BCUT2D eigenvalue weighted by atomic mass is 10.1. The van der Waals surface area contributed by atoms with Crippen LogP contribution in [0.15, 0.2) is 42.5 Å². The zero-order valence-electron chi connectivity index (χ0n) is 14.3. The number of thiophene rings is 1. The Kier molecular flexibility index (Phi) is 5.81. The van der Waals surface area contributed by atoms with Gasteiger partial charge in [0.2, 0.25) is 0 Å². The van der Waals surface area contributed by atoms with E-state index < -0.39 is 11.9 Å². The summed E-state index contributed by atoms with van der Waals surface area (Å²) in [7, 11) is 0. The van der Waals surface area contributed by atoms with Gasteiger partial charge in [0.15, 0.2) is 5.82 Å². The molecule has 3 rings (SSSR count). The van der Waals surface area contributed by atoms with Crippen molar-refractivity contribution < 1.29 is 9.90 Å². The third-order valence-electron chi connectivity index (χ3n) is 3.69. The molecule has 0 radical (unpaired) electrons. The molecule has 27 heavy (non-hydrogen) atoms. The summed E-state index contributed by atoms with van der Waals surface area (Å²) in [6.07, 6.45) is 0. The van der Waals surface area contributed by atoms with Gasteiger partial charge in [0, 0.05) is 16.6 Å². The van der Waals surface area contributed by atoms with Crippen molar-refractivity contribution in [3.8, 4) is 28.0 Å². The average molecular weight is 399 g/mol. The van der Waals surface area contributed by atoms with E-state index in [1.807, 2.05) is 12.1 Å². The van der Waals surface area contributed by atoms with E-state index in [1.54, 1.807) is 37.3 Å². The van der Waals surface area contributed by atoms with Gasteiger partial charge in [-0.25, -0.2) is 9.97 Å². The second kappa shape index (κ2) is 8.27. The first kappa shape index (κ1) is 19.0. The van der Waals surface area contributed by atoms with E-state index in [4.69, 9.17) is 22.0 Å². The van der Waals surface area contributed by atoms with Crippen LogP contribution in [0.25, 0.3) is 22.0 Å². The van der Waals surface area contributed by atoms with E-state index in [2.05, 4.69) is 21.4 Å². The molecule has 0 bridgehead atoms. The number of hydrogen-bond donors (Lipinski definition) is 2. The highest BCUT2D eigenvalue weighted by Gasteiger charge is 2.16. The fourth-order valence-corrected chi connectivity index (χ4v) is 3.17. The Morgan fingerprint density at radius 3 is 2.67 bits per heavy atom. The summed E-state index contributed by atoms with van der Waals surface area (Å²) in [5.41, 5.74) is 1.52.